The Morgan fingerprint density at radius 2 is 1.62 bits per heavy atom. The average Bonchev–Trinajstić information content (AvgIpc) is 2.90. The molecule has 0 aliphatic heterocycles. The predicted octanol–water partition coefficient (Wildman–Crippen LogP) is 4.88. The first-order chi connectivity index (χ1) is 18.5. The zero-order valence-corrected chi connectivity index (χ0v) is 24.1. The van der Waals surface area contributed by atoms with Crippen molar-refractivity contribution in [2.75, 3.05) is 17.5 Å². The van der Waals surface area contributed by atoms with Gasteiger partial charge in [0.2, 0.25) is 11.8 Å². The Bertz CT molecular complexity index is 1370. The third-order valence-electron chi connectivity index (χ3n) is 5.89. The third-order valence-corrected chi connectivity index (χ3v) is 7.91. The number of carbonyl (C=O) groups excluding carboxylic acids is 2. The van der Waals surface area contributed by atoms with Crippen LogP contribution >= 0.6 is 11.6 Å². The maximum atomic E-state index is 13.9. The number of para-hydroxylation sites is 1. The van der Waals surface area contributed by atoms with Crippen molar-refractivity contribution in [1.29, 1.82) is 0 Å². The predicted molar refractivity (Wildman–Crippen MR) is 153 cm³/mol. The van der Waals surface area contributed by atoms with E-state index in [9.17, 15) is 18.0 Å². The lowest BCUT2D eigenvalue weighted by Gasteiger charge is -2.32. The van der Waals surface area contributed by atoms with E-state index in [1.54, 1.807) is 73.7 Å². The van der Waals surface area contributed by atoms with E-state index in [4.69, 9.17) is 16.3 Å². The van der Waals surface area contributed by atoms with Crippen molar-refractivity contribution >= 4 is 39.1 Å². The molecule has 1 N–H and O–H groups in total. The maximum absolute atomic E-state index is 13.9. The Morgan fingerprint density at radius 1 is 0.949 bits per heavy atom. The van der Waals surface area contributed by atoms with Gasteiger partial charge < -0.3 is 15.0 Å². The molecule has 0 fully saturated rings. The number of benzene rings is 3. The summed E-state index contributed by atoms with van der Waals surface area (Å²) in [4.78, 5) is 28.2. The molecule has 0 saturated carbocycles. The van der Waals surface area contributed by atoms with E-state index in [0.29, 0.717) is 28.6 Å². The molecule has 0 radical (unpaired) electrons. The fourth-order valence-corrected chi connectivity index (χ4v) is 5.57. The minimum atomic E-state index is -4.15. The van der Waals surface area contributed by atoms with Crippen LogP contribution in [0.15, 0.2) is 83.8 Å². The maximum Gasteiger partial charge on any atom is 0.264 e. The number of ether oxygens (including phenoxy) is 1. The van der Waals surface area contributed by atoms with Crippen molar-refractivity contribution in [1.82, 2.24) is 10.2 Å². The molecule has 0 unspecified atom stereocenters. The molecule has 0 aliphatic rings. The molecule has 0 aliphatic carbocycles. The molecule has 0 aromatic heterocycles. The lowest BCUT2D eigenvalue weighted by molar-refractivity contribution is -0.139. The van der Waals surface area contributed by atoms with Crippen LogP contribution in [0.5, 0.6) is 5.75 Å². The van der Waals surface area contributed by atoms with Gasteiger partial charge in [-0.05, 0) is 81.8 Å². The van der Waals surface area contributed by atoms with Crippen LogP contribution in [-0.2, 0) is 26.2 Å². The van der Waals surface area contributed by atoms with Crippen molar-refractivity contribution in [2.45, 2.75) is 51.2 Å². The molecule has 2 amide bonds. The normalized spacial score (nSPS) is 12.1. The molecule has 0 saturated heterocycles. The number of hydrogen-bond donors (Lipinski definition) is 1. The molecular weight excluding hydrogens is 538 g/mol. The Hall–Kier alpha value is -3.56. The molecule has 39 heavy (non-hydrogen) atoms. The molecule has 8 nitrogen and oxygen atoms in total. The quantitative estimate of drug-likeness (QED) is 0.334. The van der Waals surface area contributed by atoms with Gasteiger partial charge in [0.05, 0.1) is 17.2 Å². The molecule has 0 bridgehead atoms. The summed E-state index contributed by atoms with van der Waals surface area (Å²) in [5.41, 5.74) is 1.03. The summed E-state index contributed by atoms with van der Waals surface area (Å²) in [5, 5.41) is 3.32. The van der Waals surface area contributed by atoms with Gasteiger partial charge in [0, 0.05) is 17.6 Å². The second-order valence-electron chi connectivity index (χ2n) is 9.24. The summed E-state index contributed by atoms with van der Waals surface area (Å²) in [6.45, 7) is 7.11. The van der Waals surface area contributed by atoms with Crippen LogP contribution < -0.4 is 14.4 Å². The summed E-state index contributed by atoms with van der Waals surface area (Å²) in [6, 6.07) is 20.4. The van der Waals surface area contributed by atoms with E-state index in [2.05, 4.69) is 5.32 Å². The highest BCUT2D eigenvalue weighted by Gasteiger charge is 2.32. The van der Waals surface area contributed by atoms with E-state index in [-0.39, 0.29) is 23.4 Å². The number of hydrogen-bond acceptors (Lipinski definition) is 5. The van der Waals surface area contributed by atoms with Gasteiger partial charge in [0.1, 0.15) is 18.3 Å². The first kappa shape index (κ1) is 30.0. The van der Waals surface area contributed by atoms with Crippen molar-refractivity contribution in [2.24, 2.45) is 0 Å². The van der Waals surface area contributed by atoms with Crippen LogP contribution in [0, 0.1) is 0 Å². The highest BCUT2D eigenvalue weighted by atomic mass is 35.5. The lowest BCUT2D eigenvalue weighted by atomic mass is 10.1. The van der Waals surface area contributed by atoms with Crippen LogP contribution in [0.1, 0.15) is 33.3 Å². The lowest BCUT2D eigenvalue weighted by Crippen LogP contribution is -2.52. The number of amides is 2. The highest BCUT2D eigenvalue weighted by Crippen LogP contribution is 2.26. The summed E-state index contributed by atoms with van der Waals surface area (Å²) in [6.07, 6.45) is 0. The second kappa shape index (κ2) is 13.5. The van der Waals surface area contributed by atoms with Gasteiger partial charge in [-0.3, -0.25) is 13.9 Å². The molecule has 1 atom stereocenters. The number of halogens is 1. The Labute approximate surface area is 235 Å². The molecule has 0 spiro atoms. The van der Waals surface area contributed by atoms with Crippen molar-refractivity contribution < 1.29 is 22.7 Å². The molecule has 3 rings (SSSR count). The van der Waals surface area contributed by atoms with Crippen molar-refractivity contribution in [3.63, 3.8) is 0 Å². The molecule has 3 aromatic rings. The summed E-state index contributed by atoms with van der Waals surface area (Å²) in [7, 11) is -4.15. The fraction of sp³-hybridized carbons (Fsp3) is 0.310. The van der Waals surface area contributed by atoms with E-state index >= 15 is 0 Å². The average molecular weight is 572 g/mol. The summed E-state index contributed by atoms with van der Waals surface area (Å²) >= 11 is 6.16. The number of anilines is 1. The van der Waals surface area contributed by atoms with Crippen molar-refractivity contribution in [3.05, 3.63) is 89.4 Å². The smallest absolute Gasteiger partial charge is 0.264 e. The zero-order chi connectivity index (χ0) is 28.6. The largest absolute Gasteiger partial charge is 0.494 e. The zero-order valence-electron chi connectivity index (χ0n) is 22.5. The molecule has 10 heteroatoms. The summed E-state index contributed by atoms with van der Waals surface area (Å²) < 4.78 is 34.2. The van der Waals surface area contributed by atoms with Crippen LogP contribution in [-0.4, -0.2) is 50.4 Å². The van der Waals surface area contributed by atoms with Crippen molar-refractivity contribution in [3.8, 4) is 5.75 Å². The van der Waals surface area contributed by atoms with Crippen LogP contribution in [0.3, 0.4) is 0 Å². The van der Waals surface area contributed by atoms with Gasteiger partial charge in [-0.2, -0.15) is 0 Å². The summed E-state index contributed by atoms with van der Waals surface area (Å²) in [5.74, 6) is -0.350. The topological polar surface area (TPSA) is 96.0 Å². The first-order valence-electron chi connectivity index (χ1n) is 12.7. The third kappa shape index (κ3) is 7.97. The monoisotopic (exact) mass is 571 g/mol. The van der Waals surface area contributed by atoms with Gasteiger partial charge in [0.15, 0.2) is 0 Å². The first-order valence-corrected chi connectivity index (χ1v) is 14.5. The van der Waals surface area contributed by atoms with Crippen LogP contribution in [0.25, 0.3) is 0 Å². The van der Waals surface area contributed by atoms with Crippen LogP contribution in [0.2, 0.25) is 5.02 Å². The van der Waals surface area contributed by atoms with E-state index in [1.165, 1.54) is 17.0 Å². The Kier molecular flexibility index (Phi) is 10.4. The number of carbonyl (C=O) groups is 2. The van der Waals surface area contributed by atoms with E-state index in [1.807, 2.05) is 20.8 Å². The number of rotatable bonds is 12. The van der Waals surface area contributed by atoms with Gasteiger partial charge in [-0.1, -0.05) is 41.9 Å². The number of nitrogens with one attached hydrogen (secondary N) is 1. The minimum absolute atomic E-state index is 0.00889. The fourth-order valence-electron chi connectivity index (χ4n) is 3.94. The molecule has 208 valence electrons. The van der Waals surface area contributed by atoms with Gasteiger partial charge in [0.25, 0.3) is 10.0 Å². The van der Waals surface area contributed by atoms with E-state index in [0.717, 1.165) is 4.31 Å². The molecular formula is C29H34ClN3O5S. The number of nitrogens with zero attached hydrogens (tertiary/aromatic N) is 2. The molecule has 0 heterocycles. The SMILES string of the molecule is CCOc1ccc(S(=O)(=O)N(CC(=O)N(Cc2cccc(Cl)c2)[C@@H](C)C(=O)NC(C)C)c2ccccc2)cc1. The second-order valence-corrected chi connectivity index (χ2v) is 11.5. The van der Waals surface area contributed by atoms with Crippen LogP contribution in [0.4, 0.5) is 5.69 Å². The Morgan fingerprint density at radius 3 is 2.21 bits per heavy atom. The molecule has 3 aromatic carbocycles. The van der Waals surface area contributed by atoms with Gasteiger partial charge >= 0.3 is 0 Å². The highest BCUT2D eigenvalue weighted by molar-refractivity contribution is 7.92. The standard InChI is InChI=1S/C29H34ClN3O5S/c1-5-38-26-14-16-27(17-15-26)39(36,37)33(25-12-7-6-8-13-25)20-28(34)32(22(4)29(35)31-21(2)3)19-23-10-9-11-24(30)18-23/h6-18,21-22H,5,19-20H2,1-4H3,(H,31,35)/t22-/m0/s1. The minimum Gasteiger partial charge on any atom is -0.494 e. The van der Waals surface area contributed by atoms with Gasteiger partial charge in [-0.15, -0.1) is 0 Å². The Balaban J connectivity index is 1.99. The van der Waals surface area contributed by atoms with E-state index < -0.39 is 28.5 Å². The number of sulfonamides is 1. The van der Waals surface area contributed by atoms with Gasteiger partial charge in [-0.25, -0.2) is 8.42 Å².